The Morgan fingerprint density at radius 3 is 2.56 bits per heavy atom. The number of ether oxygens (including phenoxy) is 2. The maximum absolute atomic E-state index is 12.4. The van der Waals surface area contributed by atoms with Gasteiger partial charge in [0.1, 0.15) is 5.75 Å². The average Bonchev–Trinajstić information content (AvgIpc) is 2.72. The van der Waals surface area contributed by atoms with E-state index in [4.69, 9.17) is 9.47 Å². The standard InChI is InChI=1S/C19H21N3O5/c1-26-16-6-4-5-15(13-16)20-9-11-21(12-10-20)19(23)14-27-18-8-3-2-7-17(18)22(24)25/h2-8,13H,9-12,14H2,1H3. The third-order valence-electron chi connectivity index (χ3n) is 4.46. The quantitative estimate of drug-likeness (QED) is 0.572. The van der Waals surface area contributed by atoms with Gasteiger partial charge in [0.15, 0.2) is 12.4 Å². The molecule has 1 amide bonds. The third kappa shape index (κ3) is 4.46. The summed E-state index contributed by atoms with van der Waals surface area (Å²) in [4.78, 5) is 26.8. The molecule has 0 atom stereocenters. The number of carbonyl (C=O) groups excluding carboxylic acids is 1. The lowest BCUT2D eigenvalue weighted by molar-refractivity contribution is -0.385. The number of piperazine rings is 1. The molecule has 0 bridgehead atoms. The van der Waals surface area contributed by atoms with Gasteiger partial charge in [-0.1, -0.05) is 18.2 Å². The summed E-state index contributed by atoms with van der Waals surface area (Å²) in [6.07, 6.45) is 0. The van der Waals surface area contributed by atoms with Gasteiger partial charge in [0.25, 0.3) is 5.91 Å². The summed E-state index contributed by atoms with van der Waals surface area (Å²) in [5.74, 6) is 0.716. The molecule has 1 heterocycles. The first-order valence-corrected chi connectivity index (χ1v) is 8.61. The molecule has 8 heteroatoms. The first kappa shape index (κ1) is 18.5. The SMILES string of the molecule is COc1cccc(N2CCN(C(=O)COc3ccccc3[N+](=O)[O-])CC2)c1. The summed E-state index contributed by atoms with van der Waals surface area (Å²) in [6.45, 7) is 2.31. The number of nitro groups is 1. The maximum Gasteiger partial charge on any atom is 0.310 e. The topological polar surface area (TPSA) is 85.2 Å². The molecule has 0 saturated carbocycles. The number of hydrogen-bond donors (Lipinski definition) is 0. The largest absolute Gasteiger partial charge is 0.497 e. The molecule has 8 nitrogen and oxygen atoms in total. The van der Waals surface area contributed by atoms with Gasteiger partial charge in [0.2, 0.25) is 0 Å². The number of carbonyl (C=O) groups is 1. The molecule has 2 aromatic carbocycles. The van der Waals surface area contributed by atoms with E-state index in [1.165, 1.54) is 12.1 Å². The zero-order valence-electron chi connectivity index (χ0n) is 15.0. The van der Waals surface area contributed by atoms with E-state index in [9.17, 15) is 14.9 Å². The molecule has 1 aliphatic heterocycles. The van der Waals surface area contributed by atoms with E-state index in [1.807, 2.05) is 24.3 Å². The number of para-hydroxylation sites is 2. The average molecular weight is 371 g/mol. The Labute approximate surface area is 157 Å². The van der Waals surface area contributed by atoms with Crippen molar-refractivity contribution in [3.63, 3.8) is 0 Å². The summed E-state index contributed by atoms with van der Waals surface area (Å²) < 4.78 is 10.6. The van der Waals surface area contributed by atoms with Crippen molar-refractivity contribution in [1.82, 2.24) is 4.90 Å². The number of rotatable bonds is 6. The smallest absolute Gasteiger partial charge is 0.310 e. The van der Waals surface area contributed by atoms with Crippen LogP contribution in [-0.4, -0.2) is 55.6 Å². The van der Waals surface area contributed by atoms with Gasteiger partial charge in [-0.3, -0.25) is 14.9 Å². The van der Waals surface area contributed by atoms with Gasteiger partial charge in [0.05, 0.1) is 12.0 Å². The Morgan fingerprint density at radius 2 is 1.85 bits per heavy atom. The van der Waals surface area contributed by atoms with Crippen LogP contribution in [0.3, 0.4) is 0 Å². The normalized spacial score (nSPS) is 14.0. The first-order valence-electron chi connectivity index (χ1n) is 8.61. The maximum atomic E-state index is 12.4. The predicted molar refractivity (Wildman–Crippen MR) is 100 cm³/mol. The molecular formula is C19H21N3O5. The summed E-state index contributed by atoms with van der Waals surface area (Å²) in [5, 5.41) is 11.0. The molecule has 0 N–H and O–H groups in total. The van der Waals surface area contributed by atoms with Crippen molar-refractivity contribution in [3.05, 3.63) is 58.6 Å². The van der Waals surface area contributed by atoms with Crippen LogP contribution in [0.25, 0.3) is 0 Å². The molecule has 0 spiro atoms. The zero-order valence-corrected chi connectivity index (χ0v) is 15.0. The Kier molecular flexibility index (Phi) is 5.75. The Morgan fingerprint density at radius 1 is 1.11 bits per heavy atom. The number of hydrogen-bond acceptors (Lipinski definition) is 6. The fourth-order valence-corrected chi connectivity index (χ4v) is 2.98. The third-order valence-corrected chi connectivity index (χ3v) is 4.46. The molecule has 27 heavy (non-hydrogen) atoms. The molecule has 1 fully saturated rings. The molecule has 0 aromatic heterocycles. The van der Waals surface area contributed by atoms with Gasteiger partial charge in [-0.2, -0.15) is 0 Å². The lowest BCUT2D eigenvalue weighted by atomic mass is 10.2. The van der Waals surface area contributed by atoms with Crippen molar-refractivity contribution in [2.24, 2.45) is 0 Å². The van der Waals surface area contributed by atoms with Gasteiger partial charge in [-0.05, 0) is 18.2 Å². The van der Waals surface area contributed by atoms with Crippen LogP contribution in [0, 0.1) is 10.1 Å². The van der Waals surface area contributed by atoms with E-state index in [2.05, 4.69) is 4.90 Å². The number of amides is 1. The van der Waals surface area contributed by atoms with Crippen molar-refractivity contribution >= 4 is 17.3 Å². The number of methoxy groups -OCH3 is 1. The van der Waals surface area contributed by atoms with Crippen molar-refractivity contribution in [1.29, 1.82) is 0 Å². The van der Waals surface area contributed by atoms with E-state index in [-0.39, 0.29) is 24.0 Å². The van der Waals surface area contributed by atoms with Crippen LogP contribution in [0.2, 0.25) is 0 Å². The molecule has 2 aromatic rings. The van der Waals surface area contributed by atoms with Gasteiger partial charge in [-0.15, -0.1) is 0 Å². The van der Waals surface area contributed by atoms with E-state index < -0.39 is 4.92 Å². The second kappa shape index (κ2) is 8.39. The number of benzene rings is 2. The van der Waals surface area contributed by atoms with E-state index in [0.29, 0.717) is 26.2 Å². The van der Waals surface area contributed by atoms with E-state index in [0.717, 1.165) is 11.4 Å². The second-order valence-electron chi connectivity index (χ2n) is 6.08. The summed E-state index contributed by atoms with van der Waals surface area (Å²) in [5.41, 5.74) is 0.908. The van der Waals surface area contributed by atoms with Crippen molar-refractivity contribution in [3.8, 4) is 11.5 Å². The Bertz CT molecular complexity index is 818. The van der Waals surface area contributed by atoms with Crippen LogP contribution < -0.4 is 14.4 Å². The van der Waals surface area contributed by atoms with E-state index in [1.54, 1.807) is 24.1 Å². The first-order chi connectivity index (χ1) is 13.1. The molecule has 1 saturated heterocycles. The van der Waals surface area contributed by atoms with Gasteiger partial charge < -0.3 is 19.3 Å². The second-order valence-corrected chi connectivity index (χ2v) is 6.08. The van der Waals surface area contributed by atoms with Crippen LogP contribution in [0.15, 0.2) is 48.5 Å². The molecular weight excluding hydrogens is 350 g/mol. The highest BCUT2D eigenvalue weighted by atomic mass is 16.6. The van der Waals surface area contributed by atoms with Gasteiger partial charge >= 0.3 is 5.69 Å². The minimum atomic E-state index is -0.521. The Balaban J connectivity index is 1.54. The van der Waals surface area contributed by atoms with Gasteiger partial charge in [-0.25, -0.2) is 0 Å². The summed E-state index contributed by atoms with van der Waals surface area (Å²) >= 11 is 0. The minimum Gasteiger partial charge on any atom is -0.497 e. The van der Waals surface area contributed by atoms with Gasteiger partial charge in [0, 0.05) is 44.0 Å². The van der Waals surface area contributed by atoms with Crippen LogP contribution in [0.5, 0.6) is 11.5 Å². The highest BCUT2D eigenvalue weighted by Crippen LogP contribution is 2.26. The summed E-state index contributed by atoms with van der Waals surface area (Å²) in [6, 6.07) is 13.9. The number of nitrogens with zero attached hydrogens (tertiary/aromatic N) is 3. The monoisotopic (exact) mass is 371 g/mol. The number of anilines is 1. The van der Waals surface area contributed by atoms with E-state index >= 15 is 0 Å². The van der Waals surface area contributed by atoms with Crippen LogP contribution in [0.1, 0.15) is 0 Å². The van der Waals surface area contributed by atoms with Crippen molar-refractivity contribution in [2.75, 3.05) is 44.8 Å². The molecule has 142 valence electrons. The van der Waals surface area contributed by atoms with Crippen molar-refractivity contribution in [2.45, 2.75) is 0 Å². The fraction of sp³-hybridized carbons (Fsp3) is 0.316. The highest BCUT2D eigenvalue weighted by Gasteiger charge is 2.23. The molecule has 0 unspecified atom stereocenters. The fourth-order valence-electron chi connectivity index (χ4n) is 2.98. The Hall–Kier alpha value is -3.29. The van der Waals surface area contributed by atoms with Crippen LogP contribution in [-0.2, 0) is 4.79 Å². The minimum absolute atomic E-state index is 0.103. The van der Waals surface area contributed by atoms with Crippen LogP contribution in [0.4, 0.5) is 11.4 Å². The highest BCUT2D eigenvalue weighted by molar-refractivity contribution is 5.78. The zero-order chi connectivity index (χ0) is 19.2. The van der Waals surface area contributed by atoms with Crippen LogP contribution >= 0.6 is 0 Å². The molecule has 3 rings (SSSR count). The molecule has 0 radical (unpaired) electrons. The lowest BCUT2D eigenvalue weighted by Crippen LogP contribution is -2.50. The molecule has 0 aliphatic carbocycles. The van der Waals surface area contributed by atoms with Crippen molar-refractivity contribution < 1.29 is 19.2 Å². The summed E-state index contributed by atoms with van der Waals surface area (Å²) in [7, 11) is 1.63. The number of nitro benzene ring substituents is 1. The molecule has 1 aliphatic rings. The predicted octanol–water partition coefficient (Wildman–Crippen LogP) is 2.33. The lowest BCUT2D eigenvalue weighted by Gasteiger charge is -2.36.